The zero-order valence-electron chi connectivity index (χ0n) is 25.6. The van der Waals surface area contributed by atoms with Crippen LogP contribution in [-0.4, -0.2) is 118 Å². The zero-order chi connectivity index (χ0) is 33.7. The maximum absolute atomic E-state index is 13.4. The second kappa shape index (κ2) is 18.1. The first-order valence-electron chi connectivity index (χ1n) is 14.6. The number of nitrogens with one attached hydrogen (secondary N) is 4. The number of carbonyl (C=O) groups excluding carboxylic acids is 6. The van der Waals surface area contributed by atoms with Crippen LogP contribution in [0.15, 0.2) is 0 Å². The highest BCUT2D eigenvalue weighted by Crippen LogP contribution is 2.19. The van der Waals surface area contributed by atoms with E-state index in [-0.39, 0.29) is 31.7 Å². The van der Waals surface area contributed by atoms with Crippen molar-refractivity contribution in [3.8, 4) is 0 Å². The molecule has 11 N–H and O–H groups in total. The molecular weight excluding hydrogens is 582 g/mol. The highest BCUT2D eigenvalue weighted by Gasteiger charge is 2.39. The van der Waals surface area contributed by atoms with Crippen molar-refractivity contribution in [2.75, 3.05) is 19.8 Å². The van der Waals surface area contributed by atoms with Gasteiger partial charge in [-0.3, -0.25) is 28.8 Å². The van der Waals surface area contributed by atoms with Crippen molar-refractivity contribution in [3.63, 3.8) is 0 Å². The van der Waals surface area contributed by atoms with Crippen LogP contribution in [0.5, 0.6) is 0 Å². The molecular formula is C27H47N7O10. The standard InChI is InChI=1S/C27H47N7O10/c1-5-14(4)21(33-22(38)15(28)11-35)25(41)32-20(13(2)3)24(40)30-16(8-9-19(29)37)23(39)31-17(12-36)26(42)34-10-6-7-18(34)27(43)44/h13-18,20-21,35-36H,5-12,28H2,1-4H3,(H2,29,37)(H,30,40)(H,31,39)(H,32,41)(H,33,38)(H,43,44)/t14-,15-,16-,17-,18-,20-,21-/m0/s1. The number of aliphatic hydroxyl groups excluding tert-OH is 2. The predicted octanol–water partition coefficient (Wildman–Crippen LogP) is -3.72. The molecule has 1 fully saturated rings. The average molecular weight is 630 g/mol. The lowest BCUT2D eigenvalue weighted by molar-refractivity contribution is -0.150. The normalized spacial score (nSPS) is 18.7. The van der Waals surface area contributed by atoms with E-state index < -0.39 is 96.8 Å². The second-order valence-corrected chi connectivity index (χ2v) is 11.2. The van der Waals surface area contributed by atoms with Gasteiger partial charge >= 0.3 is 5.97 Å². The summed E-state index contributed by atoms with van der Waals surface area (Å²) in [4.78, 5) is 89.2. The predicted molar refractivity (Wildman–Crippen MR) is 155 cm³/mol. The quantitative estimate of drug-likeness (QED) is 0.0710. The molecule has 1 aliphatic rings. The van der Waals surface area contributed by atoms with Crippen molar-refractivity contribution in [2.45, 2.75) is 96.1 Å². The summed E-state index contributed by atoms with van der Waals surface area (Å²) in [6.07, 6.45) is 0.474. The summed E-state index contributed by atoms with van der Waals surface area (Å²) >= 11 is 0. The topological polar surface area (TPSA) is 284 Å². The molecule has 0 aliphatic carbocycles. The largest absolute Gasteiger partial charge is 0.480 e. The van der Waals surface area contributed by atoms with E-state index >= 15 is 0 Å². The van der Waals surface area contributed by atoms with E-state index in [9.17, 15) is 48.9 Å². The van der Waals surface area contributed by atoms with Gasteiger partial charge in [0.05, 0.1) is 13.2 Å². The fourth-order valence-electron chi connectivity index (χ4n) is 4.59. The van der Waals surface area contributed by atoms with Crippen LogP contribution in [0.1, 0.15) is 59.8 Å². The van der Waals surface area contributed by atoms with Crippen LogP contribution in [0, 0.1) is 11.8 Å². The Morgan fingerprint density at radius 1 is 0.841 bits per heavy atom. The molecule has 6 amide bonds. The third kappa shape index (κ3) is 11.0. The number of aliphatic hydroxyl groups is 2. The molecule has 0 aromatic carbocycles. The highest BCUT2D eigenvalue weighted by atomic mass is 16.4. The van der Waals surface area contributed by atoms with Gasteiger partial charge in [0.25, 0.3) is 0 Å². The molecule has 250 valence electrons. The number of aliphatic carboxylic acids is 1. The number of primary amides is 1. The monoisotopic (exact) mass is 629 g/mol. The molecule has 7 atom stereocenters. The third-order valence-corrected chi connectivity index (χ3v) is 7.50. The van der Waals surface area contributed by atoms with E-state index in [2.05, 4.69) is 21.3 Å². The lowest BCUT2D eigenvalue weighted by Crippen LogP contribution is -2.61. The molecule has 0 saturated carbocycles. The minimum Gasteiger partial charge on any atom is -0.480 e. The van der Waals surface area contributed by atoms with E-state index in [1.165, 1.54) is 0 Å². The molecule has 44 heavy (non-hydrogen) atoms. The number of likely N-dealkylation sites (tertiary alicyclic amines) is 1. The summed E-state index contributed by atoms with van der Waals surface area (Å²) < 4.78 is 0. The van der Waals surface area contributed by atoms with Crippen molar-refractivity contribution < 1.29 is 48.9 Å². The van der Waals surface area contributed by atoms with Gasteiger partial charge in [-0.25, -0.2) is 4.79 Å². The van der Waals surface area contributed by atoms with Crippen LogP contribution in [-0.2, 0) is 33.6 Å². The number of nitrogens with two attached hydrogens (primary N) is 2. The van der Waals surface area contributed by atoms with Crippen molar-refractivity contribution in [2.24, 2.45) is 23.3 Å². The SMILES string of the molecule is CC[C@H](C)[C@H](NC(=O)[C@@H](N)CO)C(=O)N[C@H](C(=O)N[C@@H](CCC(N)=O)C(=O)N[C@@H](CO)C(=O)N1CCC[C@H]1C(=O)O)C(C)C. The Balaban J connectivity index is 3.14. The Kier molecular flexibility index (Phi) is 15.7. The molecule has 0 aromatic heterocycles. The number of carbonyl (C=O) groups is 7. The van der Waals surface area contributed by atoms with Gasteiger partial charge in [0, 0.05) is 13.0 Å². The summed E-state index contributed by atoms with van der Waals surface area (Å²) in [5, 5.41) is 38.2. The Labute approximate surface area is 255 Å². The number of hydrogen-bond donors (Lipinski definition) is 9. The highest BCUT2D eigenvalue weighted by molar-refractivity contribution is 5.96. The van der Waals surface area contributed by atoms with Crippen molar-refractivity contribution in [1.82, 2.24) is 26.2 Å². The number of amides is 6. The molecule has 1 rings (SSSR count). The summed E-state index contributed by atoms with van der Waals surface area (Å²) in [5.41, 5.74) is 10.8. The van der Waals surface area contributed by atoms with Gasteiger partial charge in [0.15, 0.2) is 0 Å². The van der Waals surface area contributed by atoms with Crippen LogP contribution >= 0.6 is 0 Å². The van der Waals surface area contributed by atoms with Crippen molar-refractivity contribution in [1.29, 1.82) is 0 Å². The van der Waals surface area contributed by atoms with Crippen molar-refractivity contribution in [3.05, 3.63) is 0 Å². The Morgan fingerprint density at radius 2 is 1.41 bits per heavy atom. The molecule has 0 aromatic rings. The maximum atomic E-state index is 13.4. The minimum absolute atomic E-state index is 0.115. The lowest BCUT2D eigenvalue weighted by Gasteiger charge is -2.30. The first-order chi connectivity index (χ1) is 20.6. The Morgan fingerprint density at radius 3 is 1.91 bits per heavy atom. The summed E-state index contributed by atoms with van der Waals surface area (Å²) in [7, 11) is 0. The van der Waals surface area contributed by atoms with E-state index in [0.717, 1.165) is 4.90 Å². The molecule has 0 spiro atoms. The van der Waals surface area contributed by atoms with Gasteiger partial charge in [-0.1, -0.05) is 34.1 Å². The van der Waals surface area contributed by atoms with Gasteiger partial charge in [-0.05, 0) is 31.1 Å². The molecule has 0 bridgehead atoms. The average Bonchev–Trinajstić information content (AvgIpc) is 3.48. The van der Waals surface area contributed by atoms with Crippen molar-refractivity contribution >= 4 is 41.4 Å². The number of rotatable bonds is 18. The molecule has 0 unspecified atom stereocenters. The van der Waals surface area contributed by atoms with Crippen LogP contribution in [0.4, 0.5) is 0 Å². The van der Waals surface area contributed by atoms with Gasteiger partial charge in [-0.2, -0.15) is 0 Å². The summed E-state index contributed by atoms with van der Waals surface area (Å²) in [6, 6.07) is -7.67. The van der Waals surface area contributed by atoms with Crippen LogP contribution in [0.25, 0.3) is 0 Å². The Hall–Kier alpha value is -3.83. The smallest absolute Gasteiger partial charge is 0.326 e. The minimum atomic E-state index is -1.53. The van der Waals surface area contributed by atoms with Crippen LogP contribution in [0.3, 0.4) is 0 Å². The fraction of sp³-hybridized carbons (Fsp3) is 0.741. The fourth-order valence-corrected chi connectivity index (χ4v) is 4.59. The third-order valence-electron chi connectivity index (χ3n) is 7.50. The van der Waals surface area contributed by atoms with E-state index in [0.29, 0.717) is 12.8 Å². The number of carboxylic acid groups (broad SMARTS) is 1. The molecule has 1 heterocycles. The molecule has 0 radical (unpaired) electrons. The number of nitrogens with zero attached hydrogens (tertiary/aromatic N) is 1. The first kappa shape index (κ1) is 38.2. The van der Waals surface area contributed by atoms with Crippen LogP contribution < -0.4 is 32.7 Å². The number of carboxylic acids is 1. The van der Waals surface area contributed by atoms with Gasteiger partial charge in [0.2, 0.25) is 35.4 Å². The molecule has 1 aliphatic heterocycles. The molecule has 17 nitrogen and oxygen atoms in total. The summed E-state index contributed by atoms with van der Waals surface area (Å²) in [6.45, 7) is 5.33. The zero-order valence-corrected chi connectivity index (χ0v) is 25.6. The first-order valence-corrected chi connectivity index (χ1v) is 14.6. The maximum Gasteiger partial charge on any atom is 0.326 e. The van der Waals surface area contributed by atoms with E-state index in [1.54, 1.807) is 27.7 Å². The molecule has 17 heteroatoms. The van der Waals surface area contributed by atoms with E-state index in [1.807, 2.05) is 0 Å². The van der Waals surface area contributed by atoms with Gasteiger partial charge < -0.3 is 53.0 Å². The summed E-state index contributed by atoms with van der Waals surface area (Å²) in [5.74, 6) is -6.99. The number of hydrogen-bond acceptors (Lipinski definition) is 10. The molecule has 1 saturated heterocycles. The lowest BCUT2D eigenvalue weighted by atomic mass is 9.96. The Bertz CT molecular complexity index is 1060. The van der Waals surface area contributed by atoms with Gasteiger partial charge in [-0.15, -0.1) is 0 Å². The second-order valence-electron chi connectivity index (χ2n) is 11.2. The van der Waals surface area contributed by atoms with Gasteiger partial charge in [0.1, 0.15) is 36.3 Å². The van der Waals surface area contributed by atoms with Crippen LogP contribution in [0.2, 0.25) is 0 Å². The van der Waals surface area contributed by atoms with E-state index in [4.69, 9.17) is 11.5 Å².